The van der Waals surface area contributed by atoms with Crippen molar-refractivity contribution in [1.29, 1.82) is 0 Å². The Bertz CT molecular complexity index is 329. The predicted molar refractivity (Wildman–Crippen MR) is 73.6 cm³/mol. The van der Waals surface area contributed by atoms with Gasteiger partial charge in [0.15, 0.2) is 0 Å². The average molecular weight is 257 g/mol. The van der Waals surface area contributed by atoms with Gasteiger partial charge >= 0.3 is 0 Å². The summed E-state index contributed by atoms with van der Waals surface area (Å²) in [6.45, 7) is 0. The number of halogens is 1. The molecule has 0 aliphatic carbocycles. The molecule has 1 fully saturated rings. The highest BCUT2D eigenvalue weighted by Gasteiger charge is 2.12. The second kappa shape index (κ2) is 5.88. The molecular formula is C12H13ClS2. The lowest BCUT2D eigenvalue weighted by atomic mass is 10.2. The largest absolute Gasteiger partial charge is 0.143 e. The minimum absolute atomic E-state index is 0.534. The van der Waals surface area contributed by atoms with Gasteiger partial charge in [-0.25, -0.2) is 0 Å². The molecule has 0 saturated carbocycles. The Kier molecular flexibility index (Phi) is 4.48. The zero-order chi connectivity index (χ0) is 10.5. The van der Waals surface area contributed by atoms with Crippen molar-refractivity contribution in [2.75, 3.05) is 11.5 Å². The van der Waals surface area contributed by atoms with Gasteiger partial charge in [-0.3, -0.25) is 0 Å². The molecular weight excluding hydrogens is 244 g/mol. The zero-order valence-corrected chi connectivity index (χ0v) is 10.7. The number of thioether (sulfide) groups is 2. The normalized spacial score (nSPS) is 19.1. The van der Waals surface area contributed by atoms with E-state index in [1.807, 2.05) is 41.7 Å². The first-order chi connectivity index (χ1) is 7.36. The molecule has 0 N–H and O–H groups in total. The van der Waals surface area contributed by atoms with Crippen molar-refractivity contribution < 1.29 is 0 Å². The van der Waals surface area contributed by atoms with Crippen LogP contribution in [0.25, 0.3) is 5.03 Å². The van der Waals surface area contributed by atoms with E-state index in [1.165, 1.54) is 17.9 Å². The fraction of sp³-hybridized carbons (Fsp3) is 0.333. The fourth-order valence-corrected chi connectivity index (χ4v) is 4.51. The minimum Gasteiger partial charge on any atom is -0.143 e. The summed E-state index contributed by atoms with van der Waals surface area (Å²) in [4.78, 5) is 0. The van der Waals surface area contributed by atoms with Crippen molar-refractivity contribution in [3.8, 4) is 0 Å². The van der Waals surface area contributed by atoms with Crippen molar-refractivity contribution in [3.05, 3.63) is 42.0 Å². The third kappa shape index (κ3) is 3.47. The van der Waals surface area contributed by atoms with Crippen LogP contribution < -0.4 is 0 Å². The summed E-state index contributed by atoms with van der Waals surface area (Å²) in [7, 11) is 0. The van der Waals surface area contributed by atoms with Gasteiger partial charge in [0.1, 0.15) is 0 Å². The lowest BCUT2D eigenvalue weighted by molar-refractivity contribution is 1.11. The molecule has 1 aromatic rings. The van der Waals surface area contributed by atoms with Gasteiger partial charge in [0.05, 0.1) is 4.58 Å². The molecule has 0 aromatic heterocycles. The third-order valence-electron chi connectivity index (χ3n) is 2.18. The summed E-state index contributed by atoms with van der Waals surface area (Å²) in [5, 5.41) is 0.877. The van der Waals surface area contributed by atoms with Gasteiger partial charge in [-0.1, -0.05) is 41.9 Å². The van der Waals surface area contributed by atoms with Gasteiger partial charge in [0.2, 0.25) is 0 Å². The van der Waals surface area contributed by atoms with Crippen molar-refractivity contribution in [2.24, 2.45) is 0 Å². The highest BCUT2D eigenvalue weighted by Crippen LogP contribution is 2.34. The van der Waals surface area contributed by atoms with Crippen molar-refractivity contribution >= 4 is 40.2 Å². The van der Waals surface area contributed by atoms with Gasteiger partial charge in [-0.05, 0) is 29.6 Å². The van der Waals surface area contributed by atoms with E-state index >= 15 is 0 Å². The Labute approximate surface area is 104 Å². The van der Waals surface area contributed by atoms with E-state index in [-0.39, 0.29) is 0 Å². The fourth-order valence-electron chi connectivity index (χ4n) is 1.42. The number of rotatable bonds is 2. The zero-order valence-electron chi connectivity index (χ0n) is 8.36. The summed E-state index contributed by atoms with van der Waals surface area (Å²) in [6, 6.07) is 10.2. The monoisotopic (exact) mass is 256 g/mol. The highest BCUT2D eigenvalue weighted by molar-refractivity contribution is 8.17. The van der Waals surface area contributed by atoms with Crippen LogP contribution in [0, 0.1) is 0 Å². The van der Waals surface area contributed by atoms with Gasteiger partial charge in [-0.2, -0.15) is 0 Å². The first-order valence-electron chi connectivity index (χ1n) is 5.02. The average Bonchev–Trinajstić information content (AvgIpc) is 2.31. The summed E-state index contributed by atoms with van der Waals surface area (Å²) in [5.74, 6) is 2.51. The number of hydrogen-bond donors (Lipinski definition) is 0. The van der Waals surface area contributed by atoms with Gasteiger partial charge in [0, 0.05) is 5.03 Å². The van der Waals surface area contributed by atoms with Crippen LogP contribution in [-0.2, 0) is 0 Å². The third-order valence-corrected chi connectivity index (χ3v) is 5.32. The van der Waals surface area contributed by atoms with Crippen molar-refractivity contribution in [3.63, 3.8) is 0 Å². The van der Waals surface area contributed by atoms with E-state index in [0.29, 0.717) is 4.58 Å². The molecule has 3 heteroatoms. The Morgan fingerprint density at radius 3 is 2.53 bits per heavy atom. The number of benzene rings is 1. The first kappa shape index (κ1) is 11.4. The highest BCUT2D eigenvalue weighted by atomic mass is 35.5. The Morgan fingerprint density at radius 2 is 1.87 bits per heavy atom. The van der Waals surface area contributed by atoms with E-state index < -0.39 is 0 Å². The molecule has 2 rings (SSSR count). The van der Waals surface area contributed by atoms with Crippen molar-refractivity contribution in [1.82, 2.24) is 0 Å². The molecule has 0 atom stereocenters. The molecule has 1 heterocycles. The molecule has 0 nitrogen and oxygen atoms in total. The predicted octanol–water partition coefficient (Wildman–Crippen LogP) is 4.46. The smallest absolute Gasteiger partial charge is 0.0699 e. The summed E-state index contributed by atoms with van der Waals surface area (Å²) < 4.78 is 0.534. The van der Waals surface area contributed by atoms with Gasteiger partial charge in [-0.15, -0.1) is 23.5 Å². The Morgan fingerprint density at radius 1 is 1.20 bits per heavy atom. The molecule has 1 saturated heterocycles. The van der Waals surface area contributed by atoms with Crippen LogP contribution >= 0.6 is 35.1 Å². The quantitative estimate of drug-likeness (QED) is 0.766. The van der Waals surface area contributed by atoms with E-state index in [1.54, 1.807) is 0 Å². The molecule has 1 aliphatic heterocycles. The maximum atomic E-state index is 6.27. The summed E-state index contributed by atoms with van der Waals surface area (Å²) in [6.07, 6.45) is 3.49. The maximum Gasteiger partial charge on any atom is 0.0699 e. The van der Waals surface area contributed by atoms with E-state index in [0.717, 1.165) is 10.6 Å². The second-order valence-corrected chi connectivity index (χ2v) is 6.55. The SMILES string of the molecule is Cl/C(=C/C1SCCCS1)c1ccccc1. The first-order valence-corrected chi connectivity index (χ1v) is 7.50. The summed E-state index contributed by atoms with van der Waals surface area (Å²) >= 11 is 10.3. The lowest BCUT2D eigenvalue weighted by Crippen LogP contribution is -2.03. The lowest BCUT2D eigenvalue weighted by Gasteiger charge is -2.17. The van der Waals surface area contributed by atoms with Gasteiger partial charge in [0.25, 0.3) is 0 Å². The molecule has 0 bridgehead atoms. The van der Waals surface area contributed by atoms with Crippen molar-refractivity contribution in [2.45, 2.75) is 11.0 Å². The topological polar surface area (TPSA) is 0 Å². The van der Waals surface area contributed by atoms with E-state index in [9.17, 15) is 0 Å². The van der Waals surface area contributed by atoms with Crippen LogP contribution in [-0.4, -0.2) is 16.1 Å². The molecule has 0 amide bonds. The molecule has 1 aromatic carbocycles. The molecule has 15 heavy (non-hydrogen) atoms. The van der Waals surface area contributed by atoms with Crippen LogP contribution in [0.5, 0.6) is 0 Å². The number of hydrogen-bond acceptors (Lipinski definition) is 2. The molecule has 80 valence electrons. The molecule has 0 radical (unpaired) electrons. The second-order valence-electron chi connectivity index (χ2n) is 3.34. The Balaban J connectivity index is 2.06. The molecule has 0 unspecified atom stereocenters. The minimum atomic E-state index is 0.534. The van der Waals surface area contributed by atoms with Crippen LogP contribution in [0.2, 0.25) is 0 Å². The molecule has 0 spiro atoms. The van der Waals surface area contributed by atoms with E-state index in [2.05, 4.69) is 18.2 Å². The van der Waals surface area contributed by atoms with Crippen LogP contribution in [0.15, 0.2) is 36.4 Å². The standard InChI is InChI=1S/C12H13ClS2/c13-11(10-5-2-1-3-6-10)9-12-14-7-4-8-15-12/h1-3,5-6,9,12H,4,7-8H2/b11-9+. The molecule has 1 aliphatic rings. The maximum absolute atomic E-state index is 6.27. The van der Waals surface area contributed by atoms with Crippen LogP contribution in [0.1, 0.15) is 12.0 Å². The Hall–Kier alpha value is -0.0500. The van der Waals surface area contributed by atoms with E-state index in [4.69, 9.17) is 11.6 Å². The van der Waals surface area contributed by atoms with Gasteiger partial charge < -0.3 is 0 Å². The van der Waals surface area contributed by atoms with Crippen LogP contribution in [0.4, 0.5) is 0 Å². The van der Waals surface area contributed by atoms with Crippen LogP contribution in [0.3, 0.4) is 0 Å². The summed E-state index contributed by atoms with van der Waals surface area (Å²) in [5.41, 5.74) is 1.12.